The van der Waals surface area contributed by atoms with E-state index < -0.39 is 11.2 Å². The van der Waals surface area contributed by atoms with Crippen molar-refractivity contribution in [1.29, 1.82) is 0 Å². The van der Waals surface area contributed by atoms with Crippen LogP contribution in [0.4, 0.5) is 4.79 Å². The van der Waals surface area contributed by atoms with Crippen molar-refractivity contribution in [3.8, 4) is 0 Å². The third kappa shape index (κ3) is 6.74. The maximum absolute atomic E-state index is 12.9. The fraction of sp³-hybridized carbons (Fsp3) is 0.750. The van der Waals surface area contributed by atoms with Gasteiger partial charge in [-0.25, -0.2) is 9.78 Å². The number of likely N-dealkylation sites (tertiary alicyclic amines) is 1. The second-order valence-corrected chi connectivity index (χ2v) is 10.4. The van der Waals surface area contributed by atoms with E-state index in [1.54, 1.807) is 11.1 Å². The molecule has 0 saturated carbocycles. The van der Waals surface area contributed by atoms with Crippen LogP contribution in [0, 0.1) is 11.8 Å². The Bertz CT molecular complexity index is 690. The lowest BCUT2D eigenvalue weighted by Crippen LogP contribution is -2.38. The summed E-state index contributed by atoms with van der Waals surface area (Å²) >= 11 is 1.52. The Morgan fingerprint density at radius 1 is 1.25 bits per heavy atom. The van der Waals surface area contributed by atoms with Crippen molar-refractivity contribution in [2.45, 2.75) is 72.1 Å². The smallest absolute Gasteiger partial charge is 0.410 e. The van der Waals surface area contributed by atoms with Crippen LogP contribution in [0.25, 0.3) is 0 Å². The molecule has 28 heavy (non-hydrogen) atoms. The van der Waals surface area contributed by atoms with Crippen LogP contribution in [0.15, 0.2) is 6.20 Å². The first kappa shape index (κ1) is 22.6. The highest BCUT2D eigenvalue weighted by molar-refractivity contribution is 7.11. The predicted octanol–water partition coefficient (Wildman–Crippen LogP) is 3.36. The summed E-state index contributed by atoms with van der Waals surface area (Å²) in [6.45, 7) is 12.6. The van der Waals surface area contributed by atoms with Crippen molar-refractivity contribution in [3.63, 3.8) is 0 Å². The second kappa shape index (κ2) is 8.78. The zero-order chi connectivity index (χ0) is 21.1. The topological polar surface area (TPSA) is 94.7 Å². The number of hydrogen-bond acceptors (Lipinski definition) is 7. The van der Waals surface area contributed by atoms with Gasteiger partial charge in [-0.2, -0.15) is 0 Å². The van der Waals surface area contributed by atoms with Crippen molar-refractivity contribution in [3.05, 3.63) is 16.1 Å². The van der Waals surface area contributed by atoms with Crippen LogP contribution in [0.3, 0.4) is 0 Å². The Kier molecular flexibility index (Phi) is 7.09. The molecule has 158 valence electrons. The van der Waals surface area contributed by atoms with Gasteiger partial charge in [-0.3, -0.25) is 4.79 Å². The SMILES string of the molecule is CC(C)(C)OC(=O)[C@@H](Cc1ncc(CN)s1)[C@H]1CCN(C(=O)OC(C)(C)C)C1. The van der Waals surface area contributed by atoms with E-state index in [1.165, 1.54) is 11.3 Å². The molecule has 0 unspecified atom stereocenters. The molecule has 0 radical (unpaired) electrons. The van der Waals surface area contributed by atoms with E-state index >= 15 is 0 Å². The van der Waals surface area contributed by atoms with Crippen molar-refractivity contribution >= 4 is 23.4 Å². The molecule has 2 atom stereocenters. The van der Waals surface area contributed by atoms with Crippen molar-refractivity contribution in [2.24, 2.45) is 17.6 Å². The number of hydrogen-bond donors (Lipinski definition) is 1. The number of nitrogens with zero attached hydrogens (tertiary/aromatic N) is 2. The number of ether oxygens (including phenoxy) is 2. The third-order valence-electron chi connectivity index (χ3n) is 4.35. The first-order valence-electron chi connectivity index (χ1n) is 9.72. The lowest BCUT2D eigenvalue weighted by atomic mass is 9.88. The Balaban J connectivity index is 2.12. The zero-order valence-electron chi connectivity index (χ0n) is 17.8. The fourth-order valence-electron chi connectivity index (χ4n) is 3.15. The summed E-state index contributed by atoms with van der Waals surface area (Å²) in [5.41, 5.74) is 4.57. The van der Waals surface area contributed by atoms with E-state index in [9.17, 15) is 9.59 Å². The molecule has 1 aromatic rings. The minimum atomic E-state index is -0.565. The summed E-state index contributed by atoms with van der Waals surface area (Å²) in [6.07, 6.45) is 2.65. The first-order valence-corrected chi connectivity index (χ1v) is 10.5. The number of thiazole rings is 1. The molecule has 2 rings (SSSR count). The molecule has 1 aliphatic rings. The average Bonchev–Trinajstić information content (AvgIpc) is 3.18. The number of aromatic nitrogens is 1. The molecule has 1 aromatic heterocycles. The Hall–Kier alpha value is -1.67. The minimum absolute atomic E-state index is 0.00703. The van der Waals surface area contributed by atoms with Crippen LogP contribution in [0.1, 0.15) is 57.8 Å². The molecular weight excluding hydrogens is 378 g/mol. The van der Waals surface area contributed by atoms with Crippen LogP contribution in [0.5, 0.6) is 0 Å². The first-order chi connectivity index (χ1) is 12.9. The van der Waals surface area contributed by atoms with Gasteiger partial charge >= 0.3 is 12.1 Å². The van der Waals surface area contributed by atoms with Gasteiger partial charge in [0.1, 0.15) is 11.2 Å². The molecular formula is C20H33N3O4S. The molecule has 0 aliphatic carbocycles. The van der Waals surface area contributed by atoms with Gasteiger partial charge in [-0.05, 0) is 53.9 Å². The Morgan fingerprint density at radius 3 is 2.43 bits per heavy atom. The lowest BCUT2D eigenvalue weighted by Gasteiger charge is -2.27. The van der Waals surface area contributed by atoms with Gasteiger partial charge in [0.25, 0.3) is 0 Å². The highest BCUT2D eigenvalue weighted by atomic mass is 32.1. The molecule has 1 aliphatic heterocycles. The van der Waals surface area contributed by atoms with Crippen LogP contribution in [-0.2, 0) is 27.2 Å². The van der Waals surface area contributed by atoms with Crippen LogP contribution < -0.4 is 5.73 Å². The normalized spacial score (nSPS) is 18.8. The van der Waals surface area contributed by atoms with Gasteiger partial charge in [0.2, 0.25) is 0 Å². The molecule has 0 aromatic carbocycles. The summed E-state index contributed by atoms with van der Waals surface area (Å²) in [5, 5.41) is 0.868. The monoisotopic (exact) mass is 411 g/mol. The van der Waals surface area contributed by atoms with Gasteiger partial charge in [0.05, 0.1) is 10.9 Å². The fourth-order valence-corrected chi connectivity index (χ4v) is 4.01. The number of carbonyl (C=O) groups excluding carboxylic acids is 2. The van der Waals surface area contributed by atoms with E-state index in [-0.39, 0.29) is 23.9 Å². The summed E-state index contributed by atoms with van der Waals surface area (Å²) in [6, 6.07) is 0. The molecule has 7 nitrogen and oxygen atoms in total. The van der Waals surface area contributed by atoms with E-state index in [4.69, 9.17) is 15.2 Å². The highest BCUT2D eigenvalue weighted by Crippen LogP contribution is 2.31. The molecule has 1 fully saturated rings. The average molecular weight is 412 g/mol. The maximum atomic E-state index is 12.9. The molecule has 0 bridgehead atoms. The lowest BCUT2D eigenvalue weighted by molar-refractivity contribution is -0.161. The number of rotatable bonds is 5. The van der Waals surface area contributed by atoms with Crippen molar-refractivity contribution in [2.75, 3.05) is 13.1 Å². The zero-order valence-corrected chi connectivity index (χ0v) is 18.6. The quantitative estimate of drug-likeness (QED) is 0.747. The number of amides is 1. The number of carbonyl (C=O) groups is 2. The van der Waals surface area contributed by atoms with Crippen LogP contribution in [0.2, 0.25) is 0 Å². The van der Waals surface area contributed by atoms with Gasteiger partial charge in [0.15, 0.2) is 0 Å². The summed E-state index contributed by atoms with van der Waals surface area (Å²) in [7, 11) is 0. The highest BCUT2D eigenvalue weighted by Gasteiger charge is 2.39. The second-order valence-electron chi connectivity index (χ2n) is 9.24. The van der Waals surface area contributed by atoms with Crippen LogP contribution in [-0.4, -0.2) is 46.2 Å². The summed E-state index contributed by atoms with van der Waals surface area (Å²) in [5.74, 6) is -0.593. The number of nitrogens with two attached hydrogens (primary N) is 1. The maximum Gasteiger partial charge on any atom is 0.410 e. The summed E-state index contributed by atoms with van der Waals surface area (Å²) in [4.78, 5) is 32.4. The predicted molar refractivity (Wildman–Crippen MR) is 109 cm³/mol. The molecule has 0 spiro atoms. The minimum Gasteiger partial charge on any atom is -0.460 e. The third-order valence-corrected chi connectivity index (χ3v) is 5.39. The van der Waals surface area contributed by atoms with Gasteiger partial charge in [0, 0.05) is 37.1 Å². The molecule has 2 N–H and O–H groups in total. The number of esters is 1. The van der Waals surface area contributed by atoms with E-state index in [0.717, 1.165) is 16.3 Å². The van der Waals surface area contributed by atoms with Gasteiger partial charge in [-0.15, -0.1) is 11.3 Å². The van der Waals surface area contributed by atoms with Gasteiger partial charge < -0.3 is 20.1 Å². The molecule has 2 heterocycles. The van der Waals surface area contributed by atoms with Crippen LogP contribution >= 0.6 is 11.3 Å². The molecule has 8 heteroatoms. The van der Waals surface area contributed by atoms with Gasteiger partial charge in [-0.1, -0.05) is 0 Å². The van der Waals surface area contributed by atoms with Crippen molar-refractivity contribution in [1.82, 2.24) is 9.88 Å². The van der Waals surface area contributed by atoms with Crippen molar-refractivity contribution < 1.29 is 19.1 Å². The Labute approximate surface area is 171 Å². The summed E-state index contributed by atoms with van der Waals surface area (Å²) < 4.78 is 11.1. The molecule has 1 saturated heterocycles. The van der Waals surface area contributed by atoms with E-state index in [0.29, 0.717) is 26.1 Å². The van der Waals surface area contributed by atoms with E-state index in [1.807, 2.05) is 41.5 Å². The Morgan fingerprint density at radius 2 is 1.89 bits per heavy atom. The van der Waals surface area contributed by atoms with E-state index in [2.05, 4.69) is 4.98 Å². The largest absolute Gasteiger partial charge is 0.460 e. The standard InChI is InChI=1S/C20H33N3O4S/c1-19(2,3)26-17(24)15(9-16-22-11-14(10-21)28-16)13-7-8-23(12-13)18(25)27-20(4,5)6/h11,13,15H,7-10,12,21H2,1-6H3/t13-,15-/m0/s1. The molecule has 1 amide bonds.